The van der Waals surface area contributed by atoms with E-state index >= 15 is 0 Å². The average Bonchev–Trinajstić information content (AvgIpc) is 4.13. The number of unbranched alkanes of at least 4 members (excludes halogenated alkanes) is 3. The Balaban J connectivity index is 1.08. The van der Waals surface area contributed by atoms with E-state index in [1.54, 1.807) is 19.1 Å². The summed E-state index contributed by atoms with van der Waals surface area (Å²) in [6, 6.07) is 3.75. The van der Waals surface area contributed by atoms with Crippen LogP contribution < -0.4 is 20.1 Å². The molecule has 2 aromatic heterocycles. The third-order valence-electron chi connectivity index (χ3n) is 10.9. The Labute approximate surface area is 324 Å². The smallest absolute Gasteiger partial charge is 0.274 e. The van der Waals surface area contributed by atoms with Crippen molar-refractivity contribution >= 4 is 44.7 Å². The van der Waals surface area contributed by atoms with Gasteiger partial charge in [-0.1, -0.05) is 36.2 Å². The van der Waals surface area contributed by atoms with Crippen molar-refractivity contribution < 1.29 is 41.2 Å². The molecular formula is C39H48FN7O8S. The van der Waals surface area contributed by atoms with Gasteiger partial charge in [-0.25, -0.2) is 22.8 Å². The molecule has 3 heterocycles. The molecule has 0 spiro atoms. The lowest BCUT2D eigenvalue weighted by Crippen LogP contribution is -2.54. The van der Waals surface area contributed by atoms with Crippen molar-refractivity contribution in [1.29, 1.82) is 0 Å². The Bertz CT molecular complexity index is 2130. The summed E-state index contributed by atoms with van der Waals surface area (Å²) in [7, 11) is -3.94. The molecule has 3 aromatic rings. The van der Waals surface area contributed by atoms with Crippen molar-refractivity contribution in [2.75, 3.05) is 13.1 Å². The summed E-state index contributed by atoms with van der Waals surface area (Å²) in [6.45, 7) is 2.42. The van der Waals surface area contributed by atoms with E-state index in [0.29, 0.717) is 42.2 Å². The van der Waals surface area contributed by atoms with E-state index < -0.39 is 68.9 Å². The monoisotopic (exact) mass is 793 g/mol. The number of para-hydroxylation sites is 1. The van der Waals surface area contributed by atoms with Crippen LogP contribution in [0.4, 0.5) is 4.39 Å². The van der Waals surface area contributed by atoms with Crippen LogP contribution in [0.2, 0.25) is 0 Å². The first-order valence-corrected chi connectivity index (χ1v) is 21.0. The summed E-state index contributed by atoms with van der Waals surface area (Å²) in [5, 5.41) is 9.25. The van der Waals surface area contributed by atoms with Gasteiger partial charge in [0, 0.05) is 18.4 Å². The Morgan fingerprint density at radius 3 is 2.62 bits per heavy atom. The molecule has 3 atom stereocenters. The second-order valence-corrected chi connectivity index (χ2v) is 17.9. The van der Waals surface area contributed by atoms with E-state index in [0.717, 1.165) is 32.1 Å². The van der Waals surface area contributed by atoms with Gasteiger partial charge in [0.25, 0.3) is 11.8 Å². The number of rotatable bonds is 18. The predicted octanol–water partition coefficient (Wildman–Crippen LogP) is 4.12. The average molecular weight is 794 g/mol. The molecule has 4 fully saturated rings. The van der Waals surface area contributed by atoms with Crippen molar-refractivity contribution in [1.82, 2.24) is 35.4 Å². The second kappa shape index (κ2) is 16.3. The van der Waals surface area contributed by atoms with Gasteiger partial charge in [0.2, 0.25) is 27.7 Å². The lowest BCUT2D eigenvalue weighted by atomic mass is 10.0. The number of amides is 4. The number of aryl methyl sites for hydroxylation is 1. The molecule has 3 aliphatic carbocycles. The molecule has 56 heavy (non-hydrogen) atoms. The van der Waals surface area contributed by atoms with Crippen molar-refractivity contribution in [2.24, 2.45) is 5.92 Å². The molecule has 7 rings (SSSR count). The van der Waals surface area contributed by atoms with Crippen molar-refractivity contribution in [3.63, 3.8) is 0 Å². The molecule has 17 heteroatoms. The zero-order chi connectivity index (χ0) is 39.6. The number of nitrogens with zero attached hydrogens (tertiary/aromatic N) is 4. The fourth-order valence-corrected chi connectivity index (χ4v) is 8.07. The number of hydrogen-bond acceptors (Lipinski definition) is 11. The molecule has 4 amide bonds. The Morgan fingerprint density at radius 1 is 1.11 bits per heavy atom. The zero-order valence-corrected chi connectivity index (χ0v) is 32.4. The summed E-state index contributed by atoms with van der Waals surface area (Å²) in [5.74, 6) is -1.83. The van der Waals surface area contributed by atoms with Crippen LogP contribution in [0.3, 0.4) is 0 Å². The molecule has 0 radical (unpaired) electrons. The number of fused-ring (bicyclic) bond motifs is 1. The molecule has 3 N–H and O–H groups in total. The predicted molar refractivity (Wildman–Crippen MR) is 201 cm³/mol. The van der Waals surface area contributed by atoms with Crippen LogP contribution in [0, 0.1) is 18.7 Å². The van der Waals surface area contributed by atoms with E-state index in [9.17, 15) is 32.0 Å². The quantitative estimate of drug-likeness (QED) is 0.124. The lowest BCUT2D eigenvalue weighted by Gasteiger charge is -2.28. The van der Waals surface area contributed by atoms with Crippen LogP contribution >= 0.6 is 0 Å². The minimum atomic E-state index is -3.94. The Morgan fingerprint density at radius 2 is 1.89 bits per heavy atom. The van der Waals surface area contributed by atoms with Crippen LogP contribution in [-0.2, 0) is 24.4 Å². The number of carbonyl (C=O) groups is 4. The summed E-state index contributed by atoms with van der Waals surface area (Å²) in [5.41, 5.74) is 0.745. The number of benzene rings is 1. The highest BCUT2D eigenvalue weighted by molar-refractivity contribution is 7.91. The summed E-state index contributed by atoms with van der Waals surface area (Å²) in [4.78, 5) is 64.5. The molecule has 1 aliphatic heterocycles. The highest BCUT2D eigenvalue weighted by atomic mass is 32.2. The largest absolute Gasteiger partial charge is 0.471 e. The fraction of sp³-hybridized carbons (Fsp3) is 0.564. The topological polar surface area (TPSA) is 203 Å². The number of carbonyl (C=O) groups excluding carboxylic acids is 4. The van der Waals surface area contributed by atoms with Crippen LogP contribution in [0.5, 0.6) is 5.88 Å². The first kappa shape index (κ1) is 39.3. The molecule has 300 valence electrons. The third-order valence-corrected chi connectivity index (χ3v) is 13.1. The third kappa shape index (κ3) is 9.36. The summed E-state index contributed by atoms with van der Waals surface area (Å²) in [6.07, 6.45) is 12.3. The maximum Gasteiger partial charge on any atom is 0.274 e. The highest BCUT2D eigenvalue weighted by Gasteiger charge is 2.51. The summed E-state index contributed by atoms with van der Waals surface area (Å²) >= 11 is 0. The lowest BCUT2D eigenvalue weighted by molar-refractivity contribution is -0.140. The van der Waals surface area contributed by atoms with E-state index in [-0.39, 0.29) is 42.4 Å². The van der Waals surface area contributed by atoms with Crippen LogP contribution in [-0.4, -0.2) is 88.1 Å². The standard InChI is InChI=1S/C39H48FN7O8S/c1-23-37(44-34-27(40)10-8-12-28(34)42-23)54-26-19-31(36(50)41-21-33(48)46-56(52,53)39(2)17-18-39)47(22-26)38(51)29(11-7-5-3-4-6-9-24-13-14-24)43-35(49)30-20-32(55-45-30)25-15-16-25/h6,8-10,12,20,24-26,29,31H,3-5,7,11,13-19,21-22H2,1-2H3,(H,41,50)(H,43,49)(H,46,48)/t26-,29+,31+/m1/s1. The van der Waals surface area contributed by atoms with Gasteiger partial charge in [-0.3, -0.25) is 23.9 Å². The Kier molecular flexibility index (Phi) is 11.4. The number of aromatic nitrogens is 3. The maximum absolute atomic E-state index is 14.7. The minimum absolute atomic E-state index is 0.00199. The number of halogens is 1. The van der Waals surface area contributed by atoms with E-state index in [2.05, 4.69) is 37.9 Å². The second-order valence-electron chi connectivity index (χ2n) is 15.7. The van der Waals surface area contributed by atoms with Gasteiger partial charge < -0.3 is 24.8 Å². The SMILES string of the molecule is Cc1nc2cccc(F)c2nc1O[C@@H]1C[C@@H](C(=O)NCC(=O)NS(=O)(=O)C2(C)CC2)N(C(=O)[C@H](CCCCCC=CC2CC2)NC(=O)c2cc(C3CC3)on2)C1. The molecule has 1 saturated heterocycles. The first-order chi connectivity index (χ1) is 26.8. The zero-order valence-electron chi connectivity index (χ0n) is 31.6. The Hall–Kier alpha value is -4.93. The van der Waals surface area contributed by atoms with Crippen LogP contribution in [0.1, 0.15) is 112 Å². The van der Waals surface area contributed by atoms with Gasteiger partial charge in [-0.2, -0.15) is 0 Å². The van der Waals surface area contributed by atoms with Gasteiger partial charge in [0.15, 0.2) is 11.5 Å². The van der Waals surface area contributed by atoms with Gasteiger partial charge in [-0.15, -0.1) is 0 Å². The molecule has 4 aliphatic rings. The van der Waals surface area contributed by atoms with Gasteiger partial charge in [0.1, 0.15) is 35.2 Å². The van der Waals surface area contributed by atoms with Crippen LogP contribution in [0.15, 0.2) is 40.9 Å². The van der Waals surface area contributed by atoms with Crippen molar-refractivity contribution in [2.45, 2.75) is 120 Å². The van der Waals surface area contributed by atoms with Crippen LogP contribution in [0.25, 0.3) is 11.0 Å². The number of ether oxygens (including phenoxy) is 1. The number of allylic oxidation sites excluding steroid dienone is 2. The van der Waals surface area contributed by atoms with E-state index in [1.807, 2.05) is 4.72 Å². The summed E-state index contributed by atoms with van der Waals surface area (Å²) < 4.78 is 52.5. The van der Waals surface area contributed by atoms with Gasteiger partial charge in [0.05, 0.1) is 23.4 Å². The molecule has 0 unspecified atom stereocenters. The van der Waals surface area contributed by atoms with E-state index in [1.165, 1.54) is 36.8 Å². The molecule has 0 bridgehead atoms. The molecular weight excluding hydrogens is 746 g/mol. The minimum Gasteiger partial charge on any atom is -0.471 e. The molecule has 15 nitrogen and oxygen atoms in total. The molecule has 3 saturated carbocycles. The van der Waals surface area contributed by atoms with Gasteiger partial charge >= 0.3 is 0 Å². The molecule has 1 aromatic carbocycles. The highest BCUT2D eigenvalue weighted by Crippen LogP contribution is 2.42. The number of likely N-dealkylation sites (tertiary alicyclic amines) is 1. The normalized spacial score (nSPS) is 20.9. The van der Waals surface area contributed by atoms with Crippen molar-refractivity contribution in [3.8, 4) is 5.88 Å². The first-order valence-electron chi connectivity index (χ1n) is 19.5. The maximum atomic E-state index is 14.7. The fourth-order valence-electron chi connectivity index (χ4n) is 6.81. The number of hydrogen-bond donors (Lipinski definition) is 3. The number of sulfonamides is 1. The van der Waals surface area contributed by atoms with E-state index in [4.69, 9.17) is 9.26 Å². The van der Waals surface area contributed by atoms with Gasteiger partial charge in [-0.05, 0) is 89.7 Å². The number of nitrogens with one attached hydrogen (secondary N) is 3. The van der Waals surface area contributed by atoms with Crippen molar-refractivity contribution in [3.05, 3.63) is 59.4 Å².